The van der Waals surface area contributed by atoms with Gasteiger partial charge in [-0.2, -0.15) is 0 Å². The van der Waals surface area contributed by atoms with Crippen LogP contribution in [0, 0.1) is 5.92 Å². The molecule has 0 aromatic carbocycles. The Morgan fingerprint density at radius 1 is 1.40 bits per heavy atom. The van der Waals surface area contributed by atoms with Gasteiger partial charge in [-0.3, -0.25) is 0 Å². The Morgan fingerprint density at radius 3 is 2.90 bits per heavy atom. The van der Waals surface area contributed by atoms with Crippen LogP contribution in [0.3, 0.4) is 0 Å². The molecule has 0 amide bonds. The second-order valence-electron chi connectivity index (χ2n) is 5.53. The van der Waals surface area contributed by atoms with Crippen LogP contribution in [0.1, 0.15) is 19.3 Å². The lowest BCUT2D eigenvalue weighted by Crippen LogP contribution is -2.31. The molecule has 2 heterocycles. The number of hydrogen-bond donors (Lipinski definition) is 1. The van der Waals surface area contributed by atoms with Crippen LogP contribution in [0.2, 0.25) is 5.15 Å². The van der Waals surface area contributed by atoms with Crippen LogP contribution < -0.4 is 4.72 Å². The van der Waals surface area contributed by atoms with Gasteiger partial charge in [0.2, 0.25) is 10.0 Å². The normalized spacial score (nSPS) is 24.1. The molecule has 1 unspecified atom stereocenters. The summed E-state index contributed by atoms with van der Waals surface area (Å²) < 4.78 is 27.0. The van der Waals surface area contributed by atoms with Crippen LogP contribution in [0.25, 0.3) is 0 Å². The highest BCUT2D eigenvalue weighted by Gasteiger charge is 2.34. The summed E-state index contributed by atoms with van der Waals surface area (Å²) in [5.74, 6) is 0.390. The predicted octanol–water partition coefficient (Wildman–Crippen LogP) is 1.50. The number of rotatable bonds is 5. The minimum absolute atomic E-state index is 0.0195. The van der Waals surface area contributed by atoms with Crippen molar-refractivity contribution in [2.75, 3.05) is 19.6 Å². The molecule has 1 aliphatic heterocycles. The predicted molar refractivity (Wildman–Crippen MR) is 77.1 cm³/mol. The summed E-state index contributed by atoms with van der Waals surface area (Å²) in [6.45, 7) is 2.55. The average molecular weight is 316 g/mol. The zero-order valence-corrected chi connectivity index (χ0v) is 12.7. The fraction of sp³-hybridized carbons (Fsp3) is 0.615. The quantitative estimate of drug-likeness (QED) is 0.836. The maximum atomic E-state index is 12.2. The molecule has 110 valence electrons. The highest BCUT2D eigenvalue weighted by molar-refractivity contribution is 7.89. The second-order valence-corrected chi connectivity index (χ2v) is 7.62. The van der Waals surface area contributed by atoms with Crippen molar-refractivity contribution in [3.8, 4) is 0 Å². The number of nitrogens with one attached hydrogen (secondary N) is 1. The number of nitrogens with zero attached hydrogens (tertiary/aromatic N) is 2. The van der Waals surface area contributed by atoms with E-state index in [0.717, 1.165) is 25.6 Å². The zero-order valence-electron chi connectivity index (χ0n) is 11.1. The molecule has 1 aliphatic carbocycles. The van der Waals surface area contributed by atoms with E-state index in [1.807, 2.05) is 0 Å². The first-order valence-electron chi connectivity index (χ1n) is 6.90. The van der Waals surface area contributed by atoms with Gasteiger partial charge in [-0.15, -0.1) is 0 Å². The maximum Gasteiger partial charge on any atom is 0.243 e. The number of aromatic nitrogens is 1. The standard InChI is InChI=1S/C13H18ClN3O2S/c14-13-12(2-1-6-15-13)20(18,19)16-8-10-5-7-17(9-10)11-3-4-11/h1-2,6,10-11,16H,3-5,7-9H2. The highest BCUT2D eigenvalue weighted by Crippen LogP contribution is 2.31. The molecule has 3 rings (SSSR count). The van der Waals surface area contributed by atoms with E-state index in [2.05, 4.69) is 14.6 Å². The monoisotopic (exact) mass is 315 g/mol. The van der Waals surface area contributed by atoms with E-state index in [4.69, 9.17) is 11.6 Å². The van der Waals surface area contributed by atoms with E-state index in [9.17, 15) is 8.42 Å². The first-order valence-corrected chi connectivity index (χ1v) is 8.76. The molecule has 5 nitrogen and oxygen atoms in total. The van der Waals surface area contributed by atoms with Gasteiger partial charge < -0.3 is 4.90 Å². The van der Waals surface area contributed by atoms with E-state index in [-0.39, 0.29) is 10.0 Å². The summed E-state index contributed by atoms with van der Waals surface area (Å²) in [6, 6.07) is 3.80. The Balaban J connectivity index is 1.59. The Morgan fingerprint density at radius 2 is 2.20 bits per heavy atom. The average Bonchev–Trinajstić information content (AvgIpc) is 3.16. The van der Waals surface area contributed by atoms with Crippen molar-refractivity contribution in [3.63, 3.8) is 0 Å². The maximum absolute atomic E-state index is 12.2. The van der Waals surface area contributed by atoms with E-state index in [1.165, 1.54) is 25.1 Å². The van der Waals surface area contributed by atoms with E-state index >= 15 is 0 Å². The topological polar surface area (TPSA) is 62.3 Å². The van der Waals surface area contributed by atoms with Crippen molar-refractivity contribution >= 4 is 21.6 Å². The molecular formula is C13H18ClN3O2S. The third-order valence-corrected chi connectivity index (χ3v) is 5.83. The van der Waals surface area contributed by atoms with E-state index < -0.39 is 10.0 Å². The third kappa shape index (κ3) is 3.14. The van der Waals surface area contributed by atoms with Crippen LogP contribution in [0.5, 0.6) is 0 Å². The minimum atomic E-state index is -3.56. The lowest BCUT2D eigenvalue weighted by Gasteiger charge is -2.15. The lowest BCUT2D eigenvalue weighted by atomic mass is 10.1. The Labute approximate surface area is 124 Å². The molecule has 0 bridgehead atoms. The van der Waals surface area contributed by atoms with Gasteiger partial charge in [-0.25, -0.2) is 18.1 Å². The van der Waals surface area contributed by atoms with Crippen LogP contribution >= 0.6 is 11.6 Å². The summed E-state index contributed by atoms with van der Waals surface area (Å²) in [7, 11) is -3.56. The number of hydrogen-bond acceptors (Lipinski definition) is 4. The Kier molecular flexibility index (Phi) is 3.99. The number of likely N-dealkylation sites (tertiary alicyclic amines) is 1. The molecule has 7 heteroatoms. The summed E-state index contributed by atoms with van der Waals surface area (Å²) in [5.41, 5.74) is 0. The van der Waals surface area contributed by atoms with Gasteiger partial charge in [0.05, 0.1) is 0 Å². The first-order chi connectivity index (χ1) is 9.56. The van der Waals surface area contributed by atoms with Crippen LogP contribution in [-0.4, -0.2) is 44.0 Å². The molecule has 2 fully saturated rings. The lowest BCUT2D eigenvalue weighted by molar-refractivity contribution is 0.314. The van der Waals surface area contributed by atoms with E-state index in [1.54, 1.807) is 6.07 Å². The van der Waals surface area contributed by atoms with Crippen LogP contribution in [0.15, 0.2) is 23.2 Å². The molecule has 1 atom stereocenters. The van der Waals surface area contributed by atoms with Gasteiger partial charge >= 0.3 is 0 Å². The van der Waals surface area contributed by atoms with Crippen molar-refractivity contribution < 1.29 is 8.42 Å². The summed E-state index contributed by atoms with van der Waals surface area (Å²) in [6.07, 6.45) is 5.12. The molecule has 1 N–H and O–H groups in total. The molecular weight excluding hydrogens is 298 g/mol. The van der Waals surface area contributed by atoms with Crippen molar-refractivity contribution in [2.24, 2.45) is 5.92 Å². The largest absolute Gasteiger partial charge is 0.300 e. The van der Waals surface area contributed by atoms with Gasteiger partial charge in [0.1, 0.15) is 10.0 Å². The van der Waals surface area contributed by atoms with Crippen LogP contribution in [-0.2, 0) is 10.0 Å². The number of sulfonamides is 1. The molecule has 1 aromatic rings. The van der Waals surface area contributed by atoms with Gasteiger partial charge in [0, 0.05) is 25.3 Å². The molecule has 0 spiro atoms. The van der Waals surface area contributed by atoms with Crippen LogP contribution in [0.4, 0.5) is 0 Å². The van der Waals surface area contributed by atoms with Gasteiger partial charge in [0.15, 0.2) is 0 Å². The fourth-order valence-electron chi connectivity index (χ4n) is 2.68. The summed E-state index contributed by atoms with van der Waals surface area (Å²) in [4.78, 5) is 6.33. The van der Waals surface area contributed by atoms with Gasteiger partial charge in [0.25, 0.3) is 0 Å². The fourth-order valence-corrected chi connectivity index (χ4v) is 4.24. The molecule has 2 aliphatic rings. The highest BCUT2D eigenvalue weighted by atomic mass is 35.5. The SMILES string of the molecule is O=S(=O)(NCC1CCN(C2CC2)C1)c1cccnc1Cl. The number of halogens is 1. The van der Waals surface area contributed by atoms with Gasteiger partial charge in [-0.05, 0) is 43.9 Å². The third-order valence-electron chi connectivity index (χ3n) is 3.96. The Bertz CT molecular complexity index is 589. The second kappa shape index (κ2) is 5.60. The first kappa shape index (κ1) is 14.3. The van der Waals surface area contributed by atoms with Crippen molar-refractivity contribution in [3.05, 3.63) is 23.5 Å². The molecule has 1 saturated carbocycles. The van der Waals surface area contributed by atoms with Crippen molar-refractivity contribution in [1.29, 1.82) is 0 Å². The summed E-state index contributed by atoms with van der Waals surface area (Å²) in [5, 5.41) is 0.0195. The molecule has 20 heavy (non-hydrogen) atoms. The van der Waals surface area contributed by atoms with Gasteiger partial charge in [-0.1, -0.05) is 11.6 Å². The van der Waals surface area contributed by atoms with Crippen molar-refractivity contribution in [2.45, 2.75) is 30.2 Å². The van der Waals surface area contributed by atoms with Crippen molar-refractivity contribution in [1.82, 2.24) is 14.6 Å². The zero-order chi connectivity index (χ0) is 14.2. The minimum Gasteiger partial charge on any atom is -0.300 e. The smallest absolute Gasteiger partial charge is 0.243 e. The number of pyridine rings is 1. The molecule has 0 radical (unpaired) electrons. The molecule has 1 saturated heterocycles. The summed E-state index contributed by atoms with van der Waals surface area (Å²) >= 11 is 5.84. The molecule has 1 aromatic heterocycles. The van der Waals surface area contributed by atoms with E-state index in [0.29, 0.717) is 12.5 Å². The Hall–Kier alpha value is -0.690.